The maximum Gasteiger partial charge on any atom is 0.312 e. The van der Waals surface area contributed by atoms with Gasteiger partial charge in [0.15, 0.2) is 0 Å². The van der Waals surface area contributed by atoms with E-state index in [1.54, 1.807) is 6.07 Å². The Bertz CT molecular complexity index is 511. The van der Waals surface area contributed by atoms with Gasteiger partial charge in [-0.2, -0.15) is 5.26 Å². The zero-order chi connectivity index (χ0) is 14.4. The molecule has 6 nitrogen and oxygen atoms in total. The number of nitro groups is 1. The van der Waals surface area contributed by atoms with Gasteiger partial charge in [-0.25, -0.2) is 0 Å². The number of nitro benzene ring substituents is 1. The number of unbranched alkanes of at least 4 members (excludes halogenated alkanes) is 1. The van der Waals surface area contributed by atoms with Crippen LogP contribution >= 0.6 is 15.9 Å². The van der Waals surface area contributed by atoms with Crippen LogP contribution in [0.3, 0.4) is 0 Å². The third-order valence-electron chi connectivity index (χ3n) is 2.39. The van der Waals surface area contributed by atoms with Crippen molar-refractivity contribution in [3.63, 3.8) is 0 Å². The lowest BCUT2D eigenvalue weighted by Crippen LogP contribution is -2.05. The minimum atomic E-state index is -0.887. The molecular weight excluding hydrogens is 316 g/mol. The lowest BCUT2D eigenvalue weighted by Gasteiger charge is -2.13. The Hall–Kier alpha value is -1.65. The number of ether oxygens (including phenoxy) is 1. The predicted molar refractivity (Wildman–Crippen MR) is 71.8 cm³/mol. The van der Waals surface area contributed by atoms with E-state index in [1.807, 2.05) is 6.07 Å². The molecule has 1 aromatic rings. The fourth-order valence-corrected chi connectivity index (χ4v) is 1.99. The largest absolute Gasteiger partial charge is 0.487 e. The van der Waals surface area contributed by atoms with Gasteiger partial charge in [0, 0.05) is 22.5 Å². The second-order valence-electron chi connectivity index (χ2n) is 3.89. The quantitative estimate of drug-likeness (QED) is 0.491. The Morgan fingerprint density at radius 3 is 2.84 bits per heavy atom. The highest BCUT2D eigenvalue weighted by molar-refractivity contribution is 9.10. The van der Waals surface area contributed by atoms with Crippen molar-refractivity contribution in [3.05, 3.63) is 32.3 Å². The molecule has 102 valence electrons. The van der Waals surface area contributed by atoms with Crippen LogP contribution in [0.15, 0.2) is 16.6 Å². The molecule has 0 radical (unpaired) electrons. The summed E-state index contributed by atoms with van der Waals surface area (Å²) in [5, 5.41) is 29.1. The van der Waals surface area contributed by atoms with Crippen molar-refractivity contribution in [1.29, 1.82) is 5.26 Å². The van der Waals surface area contributed by atoms with Crippen LogP contribution in [0.25, 0.3) is 0 Å². The highest BCUT2D eigenvalue weighted by Crippen LogP contribution is 2.37. The molecule has 0 saturated heterocycles. The van der Waals surface area contributed by atoms with E-state index in [9.17, 15) is 15.2 Å². The van der Waals surface area contributed by atoms with Crippen molar-refractivity contribution in [2.45, 2.75) is 25.9 Å². The van der Waals surface area contributed by atoms with E-state index in [2.05, 4.69) is 15.9 Å². The summed E-state index contributed by atoms with van der Waals surface area (Å²) in [6.45, 7) is 1.70. The van der Waals surface area contributed by atoms with Gasteiger partial charge in [-0.3, -0.25) is 10.1 Å². The van der Waals surface area contributed by atoms with E-state index in [4.69, 9.17) is 10.00 Å². The van der Waals surface area contributed by atoms with E-state index >= 15 is 0 Å². The van der Waals surface area contributed by atoms with E-state index in [-0.39, 0.29) is 18.0 Å². The summed E-state index contributed by atoms with van der Waals surface area (Å²) >= 11 is 3.16. The normalized spacial score (nSPS) is 11.7. The molecule has 1 N–H and O–H groups in total. The van der Waals surface area contributed by atoms with Crippen LogP contribution in [0.1, 0.15) is 31.4 Å². The predicted octanol–water partition coefficient (Wildman–Crippen LogP) is 3.09. The van der Waals surface area contributed by atoms with E-state index < -0.39 is 11.0 Å². The highest BCUT2D eigenvalue weighted by atomic mass is 79.9. The van der Waals surface area contributed by atoms with E-state index in [0.29, 0.717) is 22.9 Å². The molecule has 1 rings (SSSR count). The first kappa shape index (κ1) is 15.4. The van der Waals surface area contributed by atoms with Crippen molar-refractivity contribution in [1.82, 2.24) is 0 Å². The Balaban J connectivity index is 3.09. The van der Waals surface area contributed by atoms with Crippen LogP contribution in [-0.4, -0.2) is 16.6 Å². The lowest BCUT2D eigenvalue weighted by molar-refractivity contribution is -0.386. The van der Waals surface area contributed by atoms with Crippen molar-refractivity contribution >= 4 is 21.6 Å². The fraction of sp³-hybridized carbons (Fsp3) is 0.417. The first-order chi connectivity index (χ1) is 8.97. The summed E-state index contributed by atoms with van der Waals surface area (Å²) in [5.74, 6) is 0.0566. The van der Waals surface area contributed by atoms with Gasteiger partial charge in [0.25, 0.3) is 0 Å². The minimum absolute atomic E-state index is 0.0566. The minimum Gasteiger partial charge on any atom is -0.487 e. The first-order valence-corrected chi connectivity index (χ1v) is 6.42. The molecule has 0 unspecified atom stereocenters. The first-order valence-electron chi connectivity index (χ1n) is 5.63. The lowest BCUT2D eigenvalue weighted by atomic mass is 10.1. The maximum atomic E-state index is 11.0. The zero-order valence-electron chi connectivity index (χ0n) is 10.3. The van der Waals surface area contributed by atoms with Crippen LogP contribution in [0.4, 0.5) is 5.69 Å². The van der Waals surface area contributed by atoms with Crippen molar-refractivity contribution in [3.8, 4) is 11.8 Å². The van der Waals surface area contributed by atoms with Gasteiger partial charge >= 0.3 is 5.69 Å². The summed E-state index contributed by atoms with van der Waals surface area (Å²) in [7, 11) is 0. The molecule has 0 aliphatic heterocycles. The second kappa shape index (κ2) is 7.07. The number of halogens is 1. The molecule has 0 bridgehead atoms. The molecule has 7 heteroatoms. The van der Waals surface area contributed by atoms with Gasteiger partial charge < -0.3 is 9.84 Å². The topological polar surface area (TPSA) is 96.4 Å². The summed E-state index contributed by atoms with van der Waals surface area (Å²) in [6.07, 6.45) is -0.0979. The van der Waals surface area contributed by atoms with Gasteiger partial charge in [0.1, 0.15) is 0 Å². The Morgan fingerprint density at radius 2 is 2.32 bits per heavy atom. The van der Waals surface area contributed by atoms with Gasteiger partial charge in [-0.15, -0.1) is 0 Å². The van der Waals surface area contributed by atoms with Crippen molar-refractivity contribution in [2.75, 3.05) is 6.61 Å². The van der Waals surface area contributed by atoms with Crippen LogP contribution < -0.4 is 4.74 Å². The molecule has 0 heterocycles. The molecule has 1 aromatic carbocycles. The third kappa shape index (κ3) is 4.19. The molecule has 0 spiro atoms. The SMILES string of the molecule is C[C@@H](O)c1cc(Br)cc([N+](=O)[O-])c1OCCCC#N. The monoisotopic (exact) mass is 328 g/mol. The number of rotatable bonds is 6. The zero-order valence-corrected chi connectivity index (χ0v) is 11.9. The molecule has 0 aliphatic carbocycles. The summed E-state index contributed by atoms with van der Waals surface area (Å²) in [6, 6.07) is 4.87. The molecule has 0 saturated carbocycles. The van der Waals surface area contributed by atoms with Gasteiger partial charge in [0.05, 0.1) is 23.7 Å². The van der Waals surface area contributed by atoms with Gasteiger partial charge in [0.2, 0.25) is 5.75 Å². The van der Waals surface area contributed by atoms with Crippen molar-refractivity contribution in [2.24, 2.45) is 0 Å². The standard InChI is InChI=1S/C12H13BrN2O4/c1-8(16)10-6-9(13)7-11(15(17)18)12(10)19-5-3-2-4-14/h6-8,16H,2-3,5H2,1H3/t8-/m1/s1. The Kier molecular flexibility index (Phi) is 5.73. The second-order valence-corrected chi connectivity index (χ2v) is 4.80. The number of nitriles is 1. The molecule has 0 aromatic heterocycles. The summed E-state index contributed by atoms with van der Waals surface area (Å²) in [4.78, 5) is 10.4. The maximum absolute atomic E-state index is 11.0. The average molecular weight is 329 g/mol. The number of aliphatic hydroxyl groups is 1. The number of hydrogen-bond acceptors (Lipinski definition) is 5. The molecule has 0 fully saturated rings. The van der Waals surface area contributed by atoms with Crippen LogP contribution in [-0.2, 0) is 0 Å². The molecule has 0 aliphatic rings. The third-order valence-corrected chi connectivity index (χ3v) is 2.85. The smallest absolute Gasteiger partial charge is 0.312 e. The number of nitrogens with zero attached hydrogens (tertiary/aromatic N) is 2. The van der Waals surface area contributed by atoms with Crippen LogP contribution in [0, 0.1) is 21.4 Å². The average Bonchev–Trinajstić information content (AvgIpc) is 2.34. The van der Waals surface area contributed by atoms with Crippen LogP contribution in [0.2, 0.25) is 0 Å². The van der Waals surface area contributed by atoms with Crippen molar-refractivity contribution < 1.29 is 14.8 Å². The molecular formula is C12H13BrN2O4. The highest BCUT2D eigenvalue weighted by Gasteiger charge is 2.23. The Labute approximate surface area is 118 Å². The van der Waals surface area contributed by atoms with Gasteiger partial charge in [-0.05, 0) is 19.4 Å². The molecule has 0 amide bonds. The van der Waals surface area contributed by atoms with Gasteiger partial charge in [-0.1, -0.05) is 15.9 Å². The number of aliphatic hydroxyl groups excluding tert-OH is 1. The number of hydrogen-bond donors (Lipinski definition) is 1. The van der Waals surface area contributed by atoms with E-state index in [1.165, 1.54) is 13.0 Å². The Morgan fingerprint density at radius 1 is 1.63 bits per heavy atom. The summed E-state index contributed by atoms with van der Waals surface area (Å²) < 4.78 is 5.87. The fourth-order valence-electron chi connectivity index (χ4n) is 1.53. The molecule has 1 atom stereocenters. The number of benzene rings is 1. The van der Waals surface area contributed by atoms with Crippen LogP contribution in [0.5, 0.6) is 5.75 Å². The summed E-state index contributed by atoms with van der Waals surface area (Å²) in [5.41, 5.74) is 0.139. The van der Waals surface area contributed by atoms with E-state index in [0.717, 1.165) is 0 Å². The molecule has 19 heavy (non-hydrogen) atoms.